The minimum absolute atomic E-state index is 0.488. The number of nitrogens with one attached hydrogen (secondary N) is 2. The van der Waals surface area contributed by atoms with Gasteiger partial charge in [0.15, 0.2) is 0 Å². The van der Waals surface area contributed by atoms with Gasteiger partial charge in [-0.05, 0) is 25.7 Å². The second kappa shape index (κ2) is 6.42. The normalized spacial score (nSPS) is 21.1. The Hall–Kier alpha value is -1.34. The van der Waals surface area contributed by atoms with Crippen LogP contribution in [0, 0.1) is 0 Å². The molecule has 0 spiro atoms. The van der Waals surface area contributed by atoms with Crippen LogP contribution < -0.4 is 10.6 Å². The quantitative estimate of drug-likeness (QED) is 0.763. The van der Waals surface area contributed by atoms with Crippen LogP contribution in [0.5, 0.6) is 0 Å². The van der Waals surface area contributed by atoms with Gasteiger partial charge in [0.25, 0.3) is 11.8 Å². The van der Waals surface area contributed by atoms with Crippen molar-refractivity contribution in [2.45, 2.75) is 75.3 Å². The molecule has 126 valence electrons. The Bertz CT molecular complexity index is 391. The number of hydrogen-bond donors (Lipinski definition) is 2. The number of hydrogen-bond acceptors (Lipinski definition) is 2. The van der Waals surface area contributed by atoms with E-state index in [4.69, 9.17) is 0 Å². The molecule has 0 unspecified atom stereocenters. The van der Waals surface area contributed by atoms with Gasteiger partial charge in [-0.25, -0.2) is 0 Å². The van der Waals surface area contributed by atoms with Gasteiger partial charge in [0.1, 0.15) is 0 Å². The van der Waals surface area contributed by atoms with Crippen molar-refractivity contribution in [3.8, 4) is 0 Å². The van der Waals surface area contributed by atoms with E-state index in [1.165, 1.54) is 0 Å². The van der Waals surface area contributed by atoms with E-state index in [2.05, 4.69) is 0 Å². The van der Waals surface area contributed by atoms with Gasteiger partial charge < -0.3 is 10.6 Å². The first-order valence-corrected chi connectivity index (χ1v) is 7.62. The molecule has 2 aliphatic carbocycles. The van der Waals surface area contributed by atoms with Crippen LogP contribution in [0.15, 0.2) is 0 Å². The molecule has 8 heteroatoms. The molecular formula is C14H20F4N2O2. The maximum atomic E-state index is 13.7. The van der Waals surface area contributed by atoms with E-state index in [0.29, 0.717) is 25.7 Å². The topological polar surface area (TPSA) is 58.2 Å². The molecule has 0 heterocycles. The molecule has 2 amide bonds. The largest absolute Gasteiger partial charge is 0.395 e. The van der Waals surface area contributed by atoms with Crippen LogP contribution in [0.3, 0.4) is 0 Å². The summed E-state index contributed by atoms with van der Waals surface area (Å²) in [7, 11) is 0. The van der Waals surface area contributed by atoms with E-state index in [9.17, 15) is 27.2 Å². The molecule has 0 aliphatic heterocycles. The average Bonchev–Trinajstić information content (AvgIpc) is 3.11. The van der Waals surface area contributed by atoms with Gasteiger partial charge in [-0.15, -0.1) is 0 Å². The summed E-state index contributed by atoms with van der Waals surface area (Å²) in [5, 5.41) is 3.85. The van der Waals surface area contributed by atoms with Crippen molar-refractivity contribution in [3.63, 3.8) is 0 Å². The van der Waals surface area contributed by atoms with E-state index in [1.54, 1.807) is 0 Å². The average molecular weight is 324 g/mol. The van der Waals surface area contributed by atoms with Gasteiger partial charge in [0.05, 0.1) is 0 Å². The van der Waals surface area contributed by atoms with Crippen LogP contribution >= 0.6 is 0 Å². The number of halogens is 4. The lowest BCUT2D eigenvalue weighted by Gasteiger charge is -2.27. The third kappa shape index (κ3) is 3.35. The van der Waals surface area contributed by atoms with Gasteiger partial charge in [-0.1, -0.05) is 25.7 Å². The maximum Gasteiger partial charge on any atom is 0.395 e. The molecule has 0 aromatic heterocycles. The number of amides is 2. The molecule has 0 saturated heterocycles. The summed E-state index contributed by atoms with van der Waals surface area (Å²) in [4.78, 5) is 23.0. The molecule has 0 radical (unpaired) electrons. The highest BCUT2D eigenvalue weighted by atomic mass is 19.3. The molecule has 0 atom stereocenters. The first-order valence-electron chi connectivity index (χ1n) is 7.62. The van der Waals surface area contributed by atoms with E-state index < -0.39 is 35.7 Å². The van der Waals surface area contributed by atoms with Gasteiger partial charge in [0, 0.05) is 12.1 Å². The number of carbonyl (C=O) groups is 2. The van der Waals surface area contributed by atoms with Crippen molar-refractivity contribution in [1.82, 2.24) is 10.6 Å². The van der Waals surface area contributed by atoms with Crippen LogP contribution in [-0.2, 0) is 9.59 Å². The van der Waals surface area contributed by atoms with Gasteiger partial charge >= 0.3 is 11.8 Å². The molecule has 0 aromatic rings. The van der Waals surface area contributed by atoms with Crippen molar-refractivity contribution in [1.29, 1.82) is 0 Å². The number of carbonyl (C=O) groups excluding carboxylic acids is 2. The molecule has 2 rings (SSSR count). The lowest BCUT2D eigenvalue weighted by atomic mass is 10.1. The Kier molecular flexibility index (Phi) is 4.97. The molecular weight excluding hydrogens is 304 g/mol. The molecule has 2 saturated carbocycles. The molecule has 0 bridgehead atoms. The van der Waals surface area contributed by atoms with Crippen LogP contribution in [0.25, 0.3) is 0 Å². The molecule has 4 nitrogen and oxygen atoms in total. The summed E-state index contributed by atoms with van der Waals surface area (Å²) in [5.74, 6) is -14.3. The second-order valence-corrected chi connectivity index (χ2v) is 6.06. The van der Waals surface area contributed by atoms with Crippen molar-refractivity contribution in [3.05, 3.63) is 0 Å². The fraction of sp³-hybridized carbons (Fsp3) is 0.857. The van der Waals surface area contributed by atoms with E-state index in [-0.39, 0.29) is 0 Å². The summed E-state index contributed by atoms with van der Waals surface area (Å²) in [5.41, 5.74) is 0. The second-order valence-electron chi connectivity index (χ2n) is 6.06. The van der Waals surface area contributed by atoms with Crippen LogP contribution in [0.2, 0.25) is 0 Å². The Morgan fingerprint density at radius 1 is 0.682 bits per heavy atom. The zero-order chi connectivity index (χ0) is 16.4. The van der Waals surface area contributed by atoms with Gasteiger partial charge in [0.2, 0.25) is 0 Å². The molecule has 2 N–H and O–H groups in total. The van der Waals surface area contributed by atoms with Crippen molar-refractivity contribution < 1.29 is 27.2 Å². The number of alkyl halides is 4. The summed E-state index contributed by atoms with van der Waals surface area (Å²) in [6, 6.07) is -1.04. The lowest BCUT2D eigenvalue weighted by molar-refractivity contribution is -0.212. The van der Waals surface area contributed by atoms with E-state index >= 15 is 0 Å². The maximum absolute atomic E-state index is 13.7. The third-order valence-electron chi connectivity index (χ3n) is 4.35. The number of rotatable bonds is 5. The fourth-order valence-corrected chi connectivity index (χ4v) is 2.98. The molecule has 22 heavy (non-hydrogen) atoms. The smallest absolute Gasteiger partial charge is 0.348 e. The van der Waals surface area contributed by atoms with Gasteiger partial charge in [-0.2, -0.15) is 17.6 Å². The monoisotopic (exact) mass is 324 g/mol. The minimum Gasteiger partial charge on any atom is -0.348 e. The first-order chi connectivity index (χ1) is 10.2. The zero-order valence-corrected chi connectivity index (χ0v) is 12.1. The Balaban J connectivity index is 2.00. The standard InChI is InChI=1S/C14H20F4N2O2/c15-13(16,11(21)19-9-5-1-2-6-9)14(17,18)12(22)20-10-7-3-4-8-10/h9-10H,1-8H2,(H,19,21)(H,20,22). The van der Waals surface area contributed by atoms with Crippen molar-refractivity contribution >= 4 is 11.8 Å². The highest BCUT2D eigenvalue weighted by Crippen LogP contribution is 2.36. The first kappa shape index (κ1) is 17.0. The summed E-state index contributed by atoms with van der Waals surface area (Å²) in [6.07, 6.45) is 4.99. The summed E-state index contributed by atoms with van der Waals surface area (Å²) >= 11 is 0. The molecule has 2 aliphatic rings. The van der Waals surface area contributed by atoms with Gasteiger partial charge in [-0.3, -0.25) is 9.59 Å². The van der Waals surface area contributed by atoms with Crippen LogP contribution in [0.4, 0.5) is 17.6 Å². The Morgan fingerprint density at radius 2 is 0.955 bits per heavy atom. The minimum atomic E-state index is -5.06. The van der Waals surface area contributed by atoms with E-state index in [0.717, 1.165) is 25.7 Å². The predicted octanol–water partition coefficient (Wildman–Crippen LogP) is 2.37. The highest BCUT2D eigenvalue weighted by molar-refractivity contribution is 5.95. The SMILES string of the molecule is O=C(NC1CCCC1)C(F)(F)C(F)(F)C(=O)NC1CCCC1. The highest BCUT2D eigenvalue weighted by Gasteiger charge is 2.67. The predicted molar refractivity (Wildman–Crippen MR) is 70.7 cm³/mol. The lowest BCUT2D eigenvalue weighted by Crippen LogP contribution is -2.61. The summed E-state index contributed by atoms with van der Waals surface area (Å²) in [6.45, 7) is 0. The Labute approximate surface area is 126 Å². The fourth-order valence-electron chi connectivity index (χ4n) is 2.98. The van der Waals surface area contributed by atoms with Crippen LogP contribution in [-0.4, -0.2) is 35.7 Å². The van der Waals surface area contributed by atoms with Crippen molar-refractivity contribution in [2.75, 3.05) is 0 Å². The molecule has 0 aromatic carbocycles. The van der Waals surface area contributed by atoms with Crippen molar-refractivity contribution in [2.24, 2.45) is 0 Å². The molecule has 2 fully saturated rings. The zero-order valence-electron chi connectivity index (χ0n) is 12.1. The Morgan fingerprint density at radius 3 is 1.23 bits per heavy atom. The van der Waals surface area contributed by atoms with E-state index in [1.807, 2.05) is 10.6 Å². The van der Waals surface area contributed by atoms with Crippen LogP contribution in [0.1, 0.15) is 51.4 Å². The summed E-state index contributed by atoms with van der Waals surface area (Å²) < 4.78 is 55.0. The third-order valence-corrected chi connectivity index (χ3v) is 4.35.